The maximum atomic E-state index is 14.4. The first-order chi connectivity index (χ1) is 8.98. The Morgan fingerprint density at radius 2 is 1.84 bits per heavy atom. The summed E-state index contributed by atoms with van der Waals surface area (Å²) in [7, 11) is 0. The third-order valence-electron chi connectivity index (χ3n) is 4.63. The molecule has 1 aromatic carbocycles. The van der Waals surface area contributed by atoms with E-state index in [0.717, 1.165) is 29.5 Å². The maximum Gasteiger partial charge on any atom is 0.128 e. The lowest BCUT2D eigenvalue weighted by Crippen LogP contribution is -2.42. The highest BCUT2D eigenvalue weighted by Gasteiger charge is 2.37. The molecular weight excluding hydrogens is 239 g/mol. The summed E-state index contributed by atoms with van der Waals surface area (Å²) in [5.41, 5.74) is 5.64. The number of hydrogen-bond acceptors (Lipinski definition) is 2. The maximum absolute atomic E-state index is 14.4. The van der Waals surface area contributed by atoms with Gasteiger partial charge in [0.2, 0.25) is 0 Å². The van der Waals surface area contributed by atoms with E-state index in [-0.39, 0.29) is 17.3 Å². The molecule has 3 N–H and O–H groups in total. The molecule has 1 unspecified atom stereocenters. The molecule has 2 nitrogen and oxygen atoms in total. The van der Waals surface area contributed by atoms with E-state index in [0.29, 0.717) is 0 Å². The number of nitrogens with one attached hydrogen (secondary N) is 1. The minimum atomic E-state index is -0.132. The van der Waals surface area contributed by atoms with E-state index in [2.05, 4.69) is 12.3 Å². The average molecular weight is 264 g/mol. The minimum Gasteiger partial charge on any atom is -0.271 e. The molecule has 1 aliphatic carbocycles. The fourth-order valence-corrected chi connectivity index (χ4v) is 3.57. The molecule has 0 amide bonds. The molecule has 3 heteroatoms. The first-order valence-corrected chi connectivity index (χ1v) is 7.21. The number of halogens is 1. The SMILES string of the molecule is Cc1cc(C)c(C(NN)C2(C)CCCCC2)c(F)c1. The van der Waals surface area contributed by atoms with Crippen LogP contribution in [-0.4, -0.2) is 0 Å². The van der Waals surface area contributed by atoms with Crippen molar-refractivity contribution < 1.29 is 4.39 Å². The van der Waals surface area contributed by atoms with Crippen molar-refractivity contribution in [1.29, 1.82) is 0 Å². The van der Waals surface area contributed by atoms with Gasteiger partial charge in [-0.1, -0.05) is 32.3 Å². The average Bonchev–Trinajstić information content (AvgIpc) is 2.34. The monoisotopic (exact) mass is 264 g/mol. The lowest BCUT2D eigenvalue weighted by Gasteiger charge is -2.41. The molecule has 0 bridgehead atoms. The van der Waals surface area contributed by atoms with Crippen LogP contribution in [-0.2, 0) is 0 Å². The number of aryl methyl sites for hydroxylation is 2. The third kappa shape index (κ3) is 2.82. The van der Waals surface area contributed by atoms with Gasteiger partial charge in [-0.2, -0.15) is 0 Å². The zero-order valence-electron chi connectivity index (χ0n) is 12.2. The van der Waals surface area contributed by atoms with Gasteiger partial charge in [0.25, 0.3) is 0 Å². The lowest BCUT2D eigenvalue weighted by atomic mass is 9.68. The lowest BCUT2D eigenvalue weighted by molar-refractivity contribution is 0.142. The van der Waals surface area contributed by atoms with Gasteiger partial charge in [0.1, 0.15) is 5.82 Å². The van der Waals surface area contributed by atoms with Crippen LogP contribution in [0.3, 0.4) is 0 Å². The van der Waals surface area contributed by atoms with Crippen LogP contribution >= 0.6 is 0 Å². The standard InChI is InChI=1S/C16H25FN2/c1-11-9-12(2)14(13(17)10-11)15(19-18)16(3)7-5-4-6-8-16/h9-10,15,19H,4-8,18H2,1-3H3. The van der Waals surface area contributed by atoms with E-state index in [9.17, 15) is 4.39 Å². The number of benzene rings is 1. The van der Waals surface area contributed by atoms with Gasteiger partial charge in [-0.25, -0.2) is 4.39 Å². The van der Waals surface area contributed by atoms with E-state index in [1.807, 2.05) is 19.9 Å². The number of rotatable bonds is 3. The van der Waals surface area contributed by atoms with Crippen LogP contribution in [0.5, 0.6) is 0 Å². The number of nitrogens with two attached hydrogens (primary N) is 1. The van der Waals surface area contributed by atoms with Crippen LogP contribution in [0.2, 0.25) is 0 Å². The van der Waals surface area contributed by atoms with Gasteiger partial charge in [-0.3, -0.25) is 11.3 Å². The first kappa shape index (κ1) is 14.5. The summed E-state index contributed by atoms with van der Waals surface area (Å²) >= 11 is 0. The Morgan fingerprint density at radius 3 is 2.37 bits per heavy atom. The van der Waals surface area contributed by atoms with Crippen molar-refractivity contribution in [3.05, 3.63) is 34.6 Å². The molecular formula is C16H25FN2. The van der Waals surface area contributed by atoms with Crippen molar-refractivity contribution in [1.82, 2.24) is 5.43 Å². The van der Waals surface area contributed by atoms with E-state index in [1.54, 1.807) is 6.07 Å². The second-order valence-electron chi connectivity index (χ2n) is 6.29. The van der Waals surface area contributed by atoms with Crippen LogP contribution in [0.4, 0.5) is 4.39 Å². The van der Waals surface area contributed by atoms with Gasteiger partial charge in [-0.05, 0) is 49.3 Å². The third-order valence-corrected chi connectivity index (χ3v) is 4.63. The van der Waals surface area contributed by atoms with Gasteiger partial charge in [0.15, 0.2) is 0 Å². The fourth-order valence-electron chi connectivity index (χ4n) is 3.57. The van der Waals surface area contributed by atoms with Crippen molar-refractivity contribution in [2.75, 3.05) is 0 Å². The molecule has 106 valence electrons. The predicted octanol–water partition coefficient (Wildman–Crippen LogP) is 3.92. The Morgan fingerprint density at radius 1 is 1.21 bits per heavy atom. The quantitative estimate of drug-likeness (QED) is 0.641. The molecule has 0 saturated heterocycles. The molecule has 1 atom stereocenters. The first-order valence-electron chi connectivity index (χ1n) is 7.21. The van der Waals surface area contributed by atoms with Crippen LogP contribution in [0, 0.1) is 25.1 Å². The van der Waals surface area contributed by atoms with E-state index < -0.39 is 0 Å². The molecule has 0 heterocycles. The van der Waals surface area contributed by atoms with Gasteiger partial charge in [0.05, 0.1) is 6.04 Å². The molecule has 1 saturated carbocycles. The van der Waals surface area contributed by atoms with Gasteiger partial charge in [-0.15, -0.1) is 0 Å². The van der Waals surface area contributed by atoms with Crippen molar-refractivity contribution in [2.45, 2.75) is 58.9 Å². The Labute approximate surface area is 115 Å². The van der Waals surface area contributed by atoms with Gasteiger partial charge in [0, 0.05) is 5.56 Å². The molecule has 1 aliphatic rings. The molecule has 0 spiro atoms. The van der Waals surface area contributed by atoms with Crippen LogP contribution in [0.15, 0.2) is 12.1 Å². The van der Waals surface area contributed by atoms with Crippen molar-refractivity contribution >= 4 is 0 Å². The summed E-state index contributed by atoms with van der Waals surface area (Å²) in [6.07, 6.45) is 5.91. The smallest absolute Gasteiger partial charge is 0.128 e. The predicted molar refractivity (Wildman–Crippen MR) is 77.1 cm³/mol. The molecule has 1 fully saturated rings. The van der Waals surface area contributed by atoms with Crippen LogP contribution in [0.1, 0.15) is 61.8 Å². The highest BCUT2D eigenvalue weighted by Crippen LogP contribution is 2.46. The summed E-state index contributed by atoms with van der Waals surface area (Å²) in [6.45, 7) is 6.13. The molecule has 2 rings (SSSR count). The second-order valence-corrected chi connectivity index (χ2v) is 6.29. The summed E-state index contributed by atoms with van der Waals surface area (Å²) in [4.78, 5) is 0. The van der Waals surface area contributed by atoms with Gasteiger partial charge >= 0.3 is 0 Å². The highest BCUT2D eigenvalue weighted by atomic mass is 19.1. The Hall–Kier alpha value is -0.930. The highest BCUT2D eigenvalue weighted by molar-refractivity contribution is 5.35. The molecule has 0 aromatic heterocycles. The Bertz CT molecular complexity index is 427. The molecule has 0 radical (unpaired) electrons. The minimum absolute atomic E-state index is 0.0495. The van der Waals surface area contributed by atoms with Crippen molar-refractivity contribution in [3.8, 4) is 0 Å². The summed E-state index contributed by atoms with van der Waals surface area (Å²) < 4.78 is 14.4. The fraction of sp³-hybridized carbons (Fsp3) is 0.625. The number of hydrazine groups is 1. The van der Waals surface area contributed by atoms with Crippen molar-refractivity contribution in [3.63, 3.8) is 0 Å². The zero-order chi connectivity index (χ0) is 14.0. The Balaban J connectivity index is 2.42. The summed E-state index contributed by atoms with van der Waals surface area (Å²) in [5.74, 6) is 5.65. The summed E-state index contributed by atoms with van der Waals surface area (Å²) in [5, 5.41) is 0. The van der Waals surface area contributed by atoms with Crippen LogP contribution in [0.25, 0.3) is 0 Å². The summed E-state index contributed by atoms with van der Waals surface area (Å²) in [6, 6.07) is 3.54. The van der Waals surface area contributed by atoms with E-state index in [4.69, 9.17) is 5.84 Å². The van der Waals surface area contributed by atoms with E-state index in [1.165, 1.54) is 19.3 Å². The largest absolute Gasteiger partial charge is 0.271 e. The normalized spacial score (nSPS) is 20.3. The van der Waals surface area contributed by atoms with Crippen LogP contribution < -0.4 is 11.3 Å². The van der Waals surface area contributed by atoms with Crippen molar-refractivity contribution in [2.24, 2.45) is 11.3 Å². The molecule has 0 aliphatic heterocycles. The molecule has 1 aromatic rings. The molecule has 19 heavy (non-hydrogen) atoms. The number of hydrogen-bond donors (Lipinski definition) is 2. The van der Waals surface area contributed by atoms with E-state index >= 15 is 0 Å². The Kier molecular flexibility index (Phi) is 4.26. The second kappa shape index (κ2) is 5.59. The topological polar surface area (TPSA) is 38.0 Å². The van der Waals surface area contributed by atoms with Gasteiger partial charge < -0.3 is 0 Å². The zero-order valence-corrected chi connectivity index (χ0v) is 12.2.